The van der Waals surface area contributed by atoms with Crippen molar-refractivity contribution in [2.24, 2.45) is 0 Å². The number of anilines is 1. The van der Waals surface area contributed by atoms with Crippen LogP contribution < -0.4 is 5.73 Å². The van der Waals surface area contributed by atoms with E-state index in [-0.39, 0.29) is 4.90 Å². The number of nitrogens with zero attached hydrogens (tertiary/aromatic N) is 4. The van der Waals surface area contributed by atoms with Crippen molar-refractivity contribution in [1.82, 2.24) is 18.9 Å². The molecule has 1 aromatic carbocycles. The number of rotatable bonds is 6. The lowest BCUT2D eigenvalue weighted by molar-refractivity contribution is 0.445. The maximum Gasteiger partial charge on any atom is 0.243 e. The predicted octanol–water partition coefficient (Wildman–Crippen LogP) is 2.57. The highest BCUT2D eigenvalue weighted by molar-refractivity contribution is 7.89. The Morgan fingerprint density at radius 3 is 2.54 bits per heavy atom. The summed E-state index contributed by atoms with van der Waals surface area (Å²) in [5.41, 5.74) is 8.95. The highest BCUT2D eigenvalue weighted by Gasteiger charge is 2.22. The Labute approximate surface area is 153 Å². The van der Waals surface area contributed by atoms with E-state index in [1.807, 2.05) is 32.9 Å². The molecule has 0 saturated carbocycles. The maximum atomic E-state index is 12.8. The van der Waals surface area contributed by atoms with Crippen molar-refractivity contribution in [1.29, 1.82) is 0 Å². The average molecular weight is 373 g/mol. The van der Waals surface area contributed by atoms with Crippen molar-refractivity contribution in [2.45, 2.75) is 32.1 Å². The number of benzene rings is 1. The number of nitrogens with two attached hydrogens (primary N) is 1. The number of fused-ring (bicyclic) bond motifs is 1. The van der Waals surface area contributed by atoms with Crippen LogP contribution in [0.3, 0.4) is 0 Å². The highest BCUT2D eigenvalue weighted by atomic mass is 32.2. The van der Waals surface area contributed by atoms with Crippen LogP contribution in [0.2, 0.25) is 0 Å². The molecule has 26 heavy (non-hydrogen) atoms. The molecule has 2 aromatic heterocycles. The van der Waals surface area contributed by atoms with Crippen LogP contribution >= 0.6 is 0 Å². The van der Waals surface area contributed by atoms with Crippen molar-refractivity contribution in [3.63, 3.8) is 0 Å². The number of hydrogen-bond acceptors (Lipinski definition) is 5. The second-order valence-electron chi connectivity index (χ2n) is 5.92. The molecule has 138 valence electrons. The quantitative estimate of drug-likeness (QED) is 0.717. The minimum Gasteiger partial charge on any atom is -0.382 e. The highest BCUT2D eigenvalue weighted by Crippen LogP contribution is 2.25. The molecule has 2 heterocycles. The fourth-order valence-electron chi connectivity index (χ4n) is 3.02. The van der Waals surface area contributed by atoms with Crippen LogP contribution in [-0.2, 0) is 16.4 Å². The van der Waals surface area contributed by atoms with Crippen LogP contribution in [0.1, 0.15) is 26.3 Å². The fraction of sp³-hybridized carbons (Fsp3) is 0.333. The number of nitrogen functional groups attached to an aromatic ring is 1. The van der Waals surface area contributed by atoms with Gasteiger partial charge < -0.3 is 5.73 Å². The van der Waals surface area contributed by atoms with Gasteiger partial charge in [0.25, 0.3) is 0 Å². The molecule has 3 rings (SSSR count). The van der Waals surface area contributed by atoms with Crippen LogP contribution in [0.4, 0.5) is 5.82 Å². The first-order chi connectivity index (χ1) is 12.4. The average Bonchev–Trinajstić information content (AvgIpc) is 2.96. The maximum absolute atomic E-state index is 12.8. The van der Waals surface area contributed by atoms with Crippen LogP contribution in [0.15, 0.2) is 41.4 Å². The zero-order valence-corrected chi connectivity index (χ0v) is 16.0. The summed E-state index contributed by atoms with van der Waals surface area (Å²) in [6.07, 6.45) is 2.51. The SMILES string of the molecule is CCc1c(N)nn2ccc(-c3cccc(S(=O)(=O)N(CC)CC)c3)nc12. The van der Waals surface area contributed by atoms with E-state index in [0.717, 1.165) is 17.5 Å². The van der Waals surface area contributed by atoms with E-state index in [0.29, 0.717) is 30.2 Å². The first-order valence-corrected chi connectivity index (χ1v) is 10.1. The second-order valence-corrected chi connectivity index (χ2v) is 7.85. The molecule has 0 aliphatic heterocycles. The third-order valence-electron chi connectivity index (χ3n) is 4.44. The minimum absolute atomic E-state index is 0.268. The summed E-state index contributed by atoms with van der Waals surface area (Å²) in [5.74, 6) is 0.468. The van der Waals surface area contributed by atoms with Crippen molar-refractivity contribution < 1.29 is 8.42 Å². The van der Waals surface area contributed by atoms with Gasteiger partial charge >= 0.3 is 0 Å². The summed E-state index contributed by atoms with van der Waals surface area (Å²) in [6.45, 7) is 6.52. The summed E-state index contributed by atoms with van der Waals surface area (Å²) in [7, 11) is -3.51. The molecule has 0 bridgehead atoms. The lowest BCUT2D eigenvalue weighted by Crippen LogP contribution is -2.30. The normalized spacial score (nSPS) is 12.2. The zero-order chi connectivity index (χ0) is 18.9. The molecule has 2 N–H and O–H groups in total. The van der Waals surface area contributed by atoms with Gasteiger partial charge in [0.15, 0.2) is 11.5 Å². The number of aromatic nitrogens is 3. The van der Waals surface area contributed by atoms with E-state index < -0.39 is 10.0 Å². The standard InChI is InChI=1S/C18H23N5O2S/c1-4-15-17(19)21-23-11-10-16(20-18(15)23)13-8-7-9-14(12-13)26(24,25)22(5-2)6-3/h7-12H,4-6H2,1-3H3,(H2,19,21). The van der Waals surface area contributed by atoms with Gasteiger partial charge in [-0.2, -0.15) is 4.31 Å². The molecule has 0 aliphatic rings. The van der Waals surface area contributed by atoms with Gasteiger partial charge in [0, 0.05) is 30.4 Å². The van der Waals surface area contributed by atoms with Gasteiger partial charge in [-0.1, -0.05) is 32.9 Å². The van der Waals surface area contributed by atoms with E-state index in [4.69, 9.17) is 5.73 Å². The first kappa shape index (κ1) is 18.3. The van der Waals surface area contributed by atoms with Gasteiger partial charge in [-0.3, -0.25) is 0 Å². The molecule has 0 aliphatic carbocycles. The van der Waals surface area contributed by atoms with Gasteiger partial charge in [-0.05, 0) is 24.6 Å². The van der Waals surface area contributed by atoms with E-state index in [2.05, 4.69) is 10.1 Å². The third-order valence-corrected chi connectivity index (χ3v) is 6.48. The molecular formula is C18H23N5O2S. The summed E-state index contributed by atoms with van der Waals surface area (Å²) in [5, 5.41) is 4.25. The molecule has 3 aromatic rings. The van der Waals surface area contributed by atoms with Crippen LogP contribution in [0.25, 0.3) is 16.9 Å². The molecule has 0 spiro atoms. The number of aryl methyl sites for hydroxylation is 1. The Balaban J connectivity index is 2.10. The minimum atomic E-state index is -3.51. The second kappa shape index (κ2) is 7.05. The van der Waals surface area contributed by atoms with E-state index in [1.165, 1.54) is 4.31 Å². The Morgan fingerprint density at radius 2 is 1.88 bits per heavy atom. The molecular weight excluding hydrogens is 350 g/mol. The van der Waals surface area contributed by atoms with Crippen LogP contribution in [0.5, 0.6) is 0 Å². The van der Waals surface area contributed by atoms with Gasteiger partial charge in [-0.15, -0.1) is 5.10 Å². The number of hydrogen-bond donors (Lipinski definition) is 1. The molecule has 0 amide bonds. The van der Waals surface area contributed by atoms with Crippen molar-refractivity contribution in [3.05, 3.63) is 42.1 Å². The van der Waals surface area contributed by atoms with Gasteiger partial charge in [0.2, 0.25) is 10.0 Å². The van der Waals surface area contributed by atoms with Gasteiger partial charge in [-0.25, -0.2) is 17.9 Å². The fourth-order valence-corrected chi connectivity index (χ4v) is 4.52. The van der Waals surface area contributed by atoms with E-state index >= 15 is 0 Å². The zero-order valence-electron chi connectivity index (χ0n) is 15.2. The van der Waals surface area contributed by atoms with E-state index in [9.17, 15) is 8.42 Å². The van der Waals surface area contributed by atoms with Crippen molar-refractivity contribution in [3.8, 4) is 11.3 Å². The third kappa shape index (κ3) is 3.06. The first-order valence-electron chi connectivity index (χ1n) is 8.66. The summed E-state index contributed by atoms with van der Waals surface area (Å²) in [4.78, 5) is 4.93. The largest absolute Gasteiger partial charge is 0.382 e. The molecule has 0 saturated heterocycles. The lowest BCUT2D eigenvalue weighted by atomic mass is 10.1. The molecule has 0 radical (unpaired) electrons. The predicted molar refractivity (Wildman–Crippen MR) is 102 cm³/mol. The van der Waals surface area contributed by atoms with Gasteiger partial charge in [0.1, 0.15) is 0 Å². The monoisotopic (exact) mass is 373 g/mol. The molecule has 0 fully saturated rings. The summed E-state index contributed by atoms with van der Waals surface area (Å²) >= 11 is 0. The Hall–Kier alpha value is -2.45. The molecule has 8 heteroatoms. The topological polar surface area (TPSA) is 93.6 Å². The van der Waals surface area contributed by atoms with Crippen molar-refractivity contribution >= 4 is 21.5 Å². The lowest BCUT2D eigenvalue weighted by Gasteiger charge is -2.18. The van der Waals surface area contributed by atoms with Crippen LogP contribution in [-0.4, -0.2) is 40.4 Å². The summed E-state index contributed by atoms with van der Waals surface area (Å²) < 4.78 is 28.6. The number of sulfonamides is 1. The smallest absolute Gasteiger partial charge is 0.243 e. The molecule has 0 unspecified atom stereocenters. The molecule has 0 atom stereocenters. The van der Waals surface area contributed by atoms with E-state index in [1.54, 1.807) is 28.9 Å². The van der Waals surface area contributed by atoms with Crippen LogP contribution in [0, 0.1) is 0 Å². The molecule has 7 nitrogen and oxygen atoms in total. The summed E-state index contributed by atoms with van der Waals surface area (Å²) in [6, 6.07) is 8.68. The van der Waals surface area contributed by atoms with Gasteiger partial charge in [0.05, 0.1) is 10.6 Å². The van der Waals surface area contributed by atoms with Crippen molar-refractivity contribution in [2.75, 3.05) is 18.8 Å². The Bertz CT molecular complexity index is 1040. The Morgan fingerprint density at radius 1 is 1.15 bits per heavy atom. The Kier molecular flexibility index (Phi) is 4.97.